The minimum atomic E-state index is 0.0762. The molecule has 0 aliphatic carbocycles. The molecule has 24 heavy (non-hydrogen) atoms. The Kier molecular flexibility index (Phi) is 4.01. The van der Waals surface area contributed by atoms with Crippen LogP contribution in [0.2, 0.25) is 0 Å². The van der Waals surface area contributed by atoms with Crippen molar-refractivity contribution in [3.8, 4) is 0 Å². The van der Waals surface area contributed by atoms with Crippen LogP contribution in [0.4, 0.5) is 10.8 Å². The summed E-state index contributed by atoms with van der Waals surface area (Å²) in [4.78, 5) is 19.0. The number of amides is 1. The molecule has 0 atom stereocenters. The van der Waals surface area contributed by atoms with Crippen LogP contribution in [0.1, 0.15) is 21.5 Å². The summed E-state index contributed by atoms with van der Waals surface area (Å²) >= 11 is 1.53. The molecule has 5 heteroatoms. The van der Waals surface area contributed by atoms with E-state index in [0.29, 0.717) is 12.1 Å². The normalized spacial score (nSPS) is 13.4. The highest BCUT2D eigenvalue weighted by Gasteiger charge is 2.21. The van der Waals surface area contributed by atoms with E-state index in [9.17, 15) is 4.79 Å². The average Bonchev–Trinajstić information content (AvgIpc) is 3.14. The number of hydrogen-bond acceptors (Lipinski definition) is 4. The van der Waals surface area contributed by atoms with Gasteiger partial charge in [-0.2, -0.15) is 0 Å². The van der Waals surface area contributed by atoms with Crippen molar-refractivity contribution >= 4 is 28.1 Å². The Balaban J connectivity index is 1.53. The van der Waals surface area contributed by atoms with E-state index in [1.165, 1.54) is 22.5 Å². The maximum absolute atomic E-state index is 12.8. The van der Waals surface area contributed by atoms with Gasteiger partial charge < -0.3 is 10.2 Å². The van der Waals surface area contributed by atoms with Crippen LogP contribution in [0.5, 0.6) is 0 Å². The molecule has 1 aliphatic heterocycles. The average molecular weight is 335 g/mol. The van der Waals surface area contributed by atoms with Crippen LogP contribution in [-0.4, -0.2) is 22.3 Å². The number of rotatable bonds is 3. The number of carbonyl (C=O) groups excluding carboxylic acids is 1. The second-order valence-corrected chi connectivity index (χ2v) is 6.68. The lowest BCUT2D eigenvalue weighted by Gasteiger charge is -2.29. The number of fused-ring (bicyclic) bond motifs is 1. The van der Waals surface area contributed by atoms with E-state index in [1.807, 2.05) is 40.6 Å². The Labute approximate surface area is 144 Å². The molecule has 2 heterocycles. The molecule has 1 aliphatic rings. The van der Waals surface area contributed by atoms with Crippen molar-refractivity contribution in [1.82, 2.24) is 9.88 Å². The Bertz CT molecular complexity index is 861. The first-order chi connectivity index (χ1) is 11.8. The van der Waals surface area contributed by atoms with Gasteiger partial charge >= 0.3 is 0 Å². The first kappa shape index (κ1) is 14.9. The highest BCUT2D eigenvalue weighted by molar-refractivity contribution is 7.13. The highest BCUT2D eigenvalue weighted by atomic mass is 32.1. The Hall–Kier alpha value is -2.66. The summed E-state index contributed by atoms with van der Waals surface area (Å²) in [6.45, 7) is 1.44. The lowest BCUT2D eigenvalue weighted by Crippen LogP contribution is -2.35. The summed E-state index contributed by atoms with van der Waals surface area (Å²) in [5.74, 6) is 0.0762. The molecule has 0 fully saturated rings. The zero-order valence-corrected chi connectivity index (χ0v) is 13.9. The van der Waals surface area contributed by atoms with Crippen molar-refractivity contribution in [2.45, 2.75) is 13.0 Å². The quantitative estimate of drug-likeness (QED) is 0.784. The van der Waals surface area contributed by atoms with Crippen molar-refractivity contribution < 1.29 is 4.79 Å². The Morgan fingerprint density at radius 1 is 1.12 bits per heavy atom. The third-order valence-electron chi connectivity index (χ3n) is 4.21. The van der Waals surface area contributed by atoms with Crippen molar-refractivity contribution in [2.24, 2.45) is 0 Å². The van der Waals surface area contributed by atoms with E-state index in [-0.39, 0.29) is 5.91 Å². The molecular weight excluding hydrogens is 318 g/mol. The van der Waals surface area contributed by atoms with Crippen molar-refractivity contribution in [3.05, 3.63) is 76.8 Å². The number of thiazole rings is 1. The first-order valence-electron chi connectivity index (χ1n) is 7.92. The fourth-order valence-electron chi connectivity index (χ4n) is 2.99. The molecule has 0 spiro atoms. The van der Waals surface area contributed by atoms with Crippen LogP contribution < -0.4 is 5.32 Å². The fourth-order valence-corrected chi connectivity index (χ4v) is 3.54. The van der Waals surface area contributed by atoms with Gasteiger partial charge in [0.15, 0.2) is 5.13 Å². The number of nitrogens with zero attached hydrogens (tertiary/aromatic N) is 2. The van der Waals surface area contributed by atoms with Gasteiger partial charge in [0.1, 0.15) is 0 Å². The van der Waals surface area contributed by atoms with Gasteiger partial charge in [-0.05, 0) is 35.7 Å². The molecule has 0 saturated heterocycles. The molecule has 1 N–H and O–H groups in total. The molecule has 1 aromatic heterocycles. The van der Waals surface area contributed by atoms with E-state index in [4.69, 9.17) is 0 Å². The molecule has 1 amide bonds. The van der Waals surface area contributed by atoms with Crippen LogP contribution in [0.25, 0.3) is 0 Å². The Morgan fingerprint density at radius 3 is 2.83 bits per heavy atom. The molecule has 0 unspecified atom stereocenters. The van der Waals surface area contributed by atoms with Crippen LogP contribution in [0.3, 0.4) is 0 Å². The topological polar surface area (TPSA) is 45.2 Å². The number of benzene rings is 2. The van der Waals surface area contributed by atoms with Gasteiger partial charge in [-0.1, -0.05) is 30.3 Å². The molecule has 3 aromatic rings. The second kappa shape index (κ2) is 6.45. The number of hydrogen-bond donors (Lipinski definition) is 1. The lowest BCUT2D eigenvalue weighted by atomic mass is 9.99. The summed E-state index contributed by atoms with van der Waals surface area (Å²) in [7, 11) is 0. The standard InChI is InChI=1S/C19H17N3OS/c23-18(22-10-8-14-4-1-2-5-16(14)13-22)15-6-3-7-17(12-15)21-19-20-9-11-24-19/h1-7,9,11-12H,8,10,13H2,(H,20,21). The second-order valence-electron chi connectivity index (χ2n) is 5.79. The molecule has 4 rings (SSSR count). The largest absolute Gasteiger partial charge is 0.334 e. The number of anilines is 2. The molecule has 4 nitrogen and oxygen atoms in total. The fraction of sp³-hybridized carbons (Fsp3) is 0.158. The van der Waals surface area contributed by atoms with Gasteiger partial charge in [0.25, 0.3) is 5.91 Å². The van der Waals surface area contributed by atoms with Gasteiger partial charge in [-0.3, -0.25) is 4.79 Å². The van der Waals surface area contributed by atoms with Crippen LogP contribution >= 0.6 is 11.3 Å². The van der Waals surface area contributed by atoms with E-state index in [2.05, 4.69) is 28.5 Å². The molecule has 0 bridgehead atoms. The van der Waals surface area contributed by atoms with Crippen molar-refractivity contribution in [2.75, 3.05) is 11.9 Å². The summed E-state index contributed by atoms with van der Waals surface area (Å²) < 4.78 is 0. The van der Waals surface area contributed by atoms with Gasteiger partial charge in [0.05, 0.1) is 0 Å². The molecule has 2 aromatic carbocycles. The van der Waals surface area contributed by atoms with Crippen LogP contribution in [-0.2, 0) is 13.0 Å². The summed E-state index contributed by atoms with van der Waals surface area (Å²) in [6.07, 6.45) is 2.67. The first-order valence-corrected chi connectivity index (χ1v) is 8.80. The molecule has 0 radical (unpaired) electrons. The highest BCUT2D eigenvalue weighted by Crippen LogP contribution is 2.23. The van der Waals surface area contributed by atoms with Gasteiger partial charge in [-0.15, -0.1) is 11.3 Å². The maximum Gasteiger partial charge on any atom is 0.254 e. The van der Waals surface area contributed by atoms with Crippen LogP contribution in [0, 0.1) is 0 Å². The van der Waals surface area contributed by atoms with Crippen LogP contribution in [0.15, 0.2) is 60.1 Å². The summed E-state index contributed by atoms with van der Waals surface area (Å²) in [5, 5.41) is 5.98. The van der Waals surface area contributed by atoms with Gasteiger partial charge in [0.2, 0.25) is 0 Å². The number of carbonyl (C=O) groups is 1. The molecular formula is C19H17N3OS. The predicted molar refractivity (Wildman–Crippen MR) is 96.7 cm³/mol. The zero-order chi connectivity index (χ0) is 16.4. The van der Waals surface area contributed by atoms with Crippen molar-refractivity contribution in [3.63, 3.8) is 0 Å². The maximum atomic E-state index is 12.8. The third kappa shape index (κ3) is 3.03. The van der Waals surface area contributed by atoms with Crippen molar-refractivity contribution in [1.29, 1.82) is 0 Å². The van der Waals surface area contributed by atoms with E-state index in [0.717, 1.165) is 23.8 Å². The summed E-state index contributed by atoms with van der Waals surface area (Å²) in [6, 6.07) is 16.0. The third-order valence-corrected chi connectivity index (χ3v) is 4.90. The molecule has 120 valence electrons. The minimum absolute atomic E-state index is 0.0762. The van der Waals surface area contributed by atoms with E-state index >= 15 is 0 Å². The number of aromatic nitrogens is 1. The minimum Gasteiger partial charge on any atom is -0.334 e. The van der Waals surface area contributed by atoms with Gasteiger partial charge in [0, 0.05) is 35.9 Å². The smallest absolute Gasteiger partial charge is 0.254 e. The lowest BCUT2D eigenvalue weighted by molar-refractivity contribution is 0.0735. The zero-order valence-electron chi connectivity index (χ0n) is 13.1. The predicted octanol–water partition coefficient (Wildman–Crippen LogP) is 4.09. The SMILES string of the molecule is O=C(c1cccc(Nc2nccs2)c1)N1CCc2ccccc2C1. The monoisotopic (exact) mass is 335 g/mol. The Morgan fingerprint density at radius 2 is 2.00 bits per heavy atom. The molecule has 0 saturated carbocycles. The summed E-state index contributed by atoms with van der Waals surface area (Å²) in [5.41, 5.74) is 4.18. The number of nitrogens with one attached hydrogen (secondary N) is 1. The van der Waals surface area contributed by atoms with E-state index in [1.54, 1.807) is 6.20 Å². The van der Waals surface area contributed by atoms with Gasteiger partial charge in [-0.25, -0.2) is 4.98 Å². The van der Waals surface area contributed by atoms with E-state index < -0.39 is 0 Å².